The maximum absolute atomic E-state index is 13.1. The lowest BCUT2D eigenvalue weighted by atomic mass is 9.95. The van der Waals surface area contributed by atoms with Crippen molar-refractivity contribution in [3.05, 3.63) is 46.9 Å². The molecule has 0 spiro atoms. The molecule has 0 aromatic heterocycles. The van der Waals surface area contributed by atoms with Gasteiger partial charge in [-0.1, -0.05) is 20.8 Å². The predicted molar refractivity (Wildman–Crippen MR) is 102 cm³/mol. The van der Waals surface area contributed by atoms with E-state index in [4.69, 9.17) is 0 Å². The van der Waals surface area contributed by atoms with Crippen molar-refractivity contribution in [3.8, 4) is 5.75 Å². The zero-order valence-electron chi connectivity index (χ0n) is 16.1. The third-order valence-electron chi connectivity index (χ3n) is 3.89. The van der Waals surface area contributed by atoms with E-state index in [0.717, 1.165) is 5.18 Å². The molecule has 0 unspecified atom stereocenters. The number of halogens is 3. The number of benzene rings is 2. The summed E-state index contributed by atoms with van der Waals surface area (Å²) in [6.45, 7) is 5.13. The zero-order valence-corrected chi connectivity index (χ0v) is 16.9. The van der Waals surface area contributed by atoms with Gasteiger partial charge in [0.15, 0.2) is 0 Å². The molecule has 4 N–H and O–H groups in total. The molecule has 162 valence electrons. The molecule has 2 aromatic carbocycles. The lowest BCUT2D eigenvalue weighted by molar-refractivity contribution is -0.381. The molecule has 30 heavy (non-hydrogen) atoms. The molecular formula is C18H19F3N3O5S+. The second-order valence-electron chi connectivity index (χ2n) is 7.35. The van der Waals surface area contributed by atoms with Gasteiger partial charge in [-0.3, -0.25) is 9.52 Å². The Hall–Kier alpha value is -3.15. The number of hydrogen-bond acceptors (Lipinski definition) is 5. The van der Waals surface area contributed by atoms with Crippen molar-refractivity contribution in [1.82, 2.24) is 0 Å². The normalized spacial score (nSPS) is 12.3. The maximum atomic E-state index is 13.1. The lowest BCUT2D eigenvalue weighted by Crippen LogP contribution is -2.55. The van der Waals surface area contributed by atoms with Gasteiger partial charge in [-0.15, -0.1) is 0 Å². The summed E-state index contributed by atoms with van der Waals surface area (Å²) in [5.41, 5.74) is -2.88. The van der Waals surface area contributed by atoms with Crippen LogP contribution in [0.1, 0.15) is 26.3 Å². The van der Waals surface area contributed by atoms with Crippen molar-refractivity contribution in [2.45, 2.75) is 31.8 Å². The van der Waals surface area contributed by atoms with E-state index in [1.165, 1.54) is 24.3 Å². The number of sulfonamides is 1. The molecular weight excluding hydrogens is 427 g/mol. The molecule has 8 nitrogen and oxygen atoms in total. The summed E-state index contributed by atoms with van der Waals surface area (Å²) in [7, 11) is -4.53. The third-order valence-corrected chi connectivity index (χ3v) is 5.25. The Kier molecular flexibility index (Phi) is 6.12. The number of carbonyl (C=O) groups is 1. The van der Waals surface area contributed by atoms with Gasteiger partial charge < -0.3 is 10.4 Å². The molecule has 0 aliphatic heterocycles. The van der Waals surface area contributed by atoms with Crippen molar-refractivity contribution >= 4 is 33.0 Å². The topological polar surface area (TPSA) is 127 Å². The highest BCUT2D eigenvalue weighted by Gasteiger charge is 2.38. The molecule has 0 heterocycles. The summed E-state index contributed by atoms with van der Waals surface area (Å²) in [4.78, 5) is 21.9. The van der Waals surface area contributed by atoms with Gasteiger partial charge in [-0.25, -0.2) is 8.42 Å². The van der Waals surface area contributed by atoms with E-state index in [0.29, 0.717) is 11.8 Å². The van der Waals surface area contributed by atoms with Crippen LogP contribution in [0.3, 0.4) is 0 Å². The van der Waals surface area contributed by atoms with E-state index in [-0.39, 0.29) is 17.7 Å². The summed E-state index contributed by atoms with van der Waals surface area (Å²) in [5, 5.41) is 13.3. The van der Waals surface area contributed by atoms with Crippen LogP contribution in [0.4, 0.5) is 30.2 Å². The van der Waals surface area contributed by atoms with Crippen LogP contribution < -0.4 is 15.2 Å². The summed E-state index contributed by atoms with van der Waals surface area (Å²) < 4.78 is 66.2. The number of rotatable bonds is 5. The highest BCUT2D eigenvalue weighted by molar-refractivity contribution is 7.92. The van der Waals surface area contributed by atoms with Crippen LogP contribution in [0.5, 0.6) is 5.75 Å². The Bertz CT molecular complexity index is 1080. The van der Waals surface area contributed by atoms with Crippen molar-refractivity contribution in [2.75, 3.05) is 10.0 Å². The van der Waals surface area contributed by atoms with Crippen LogP contribution in [-0.2, 0) is 21.0 Å². The first kappa shape index (κ1) is 23.1. The van der Waals surface area contributed by atoms with Crippen LogP contribution in [0, 0.1) is 10.3 Å². The number of alkyl halides is 3. The number of nitroso groups, excluding NO2 is 1. The van der Waals surface area contributed by atoms with Gasteiger partial charge in [0, 0.05) is 32.9 Å². The second kappa shape index (κ2) is 7.94. The van der Waals surface area contributed by atoms with E-state index in [1.807, 2.05) is 0 Å². The van der Waals surface area contributed by atoms with Gasteiger partial charge in [0.1, 0.15) is 5.56 Å². The fourth-order valence-corrected chi connectivity index (χ4v) is 3.32. The SMILES string of the molecule is CC(C)(C)C(=O)Nc1ccc(NS(=O)(=O)c2cc([NH+]=O)c(O)c(C(F)(F)F)c2)cc1. The fourth-order valence-electron chi connectivity index (χ4n) is 2.21. The average Bonchev–Trinajstić information content (AvgIpc) is 2.61. The molecule has 0 saturated carbocycles. The van der Waals surface area contributed by atoms with Gasteiger partial charge >= 0.3 is 6.18 Å². The summed E-state index contributed by atoms with van der Waals surface area (Å²) >= 11 is 0. The van der Waals surface area contributed by atoms with Gasteiger partial charge in [-0.05, 0) is 30.3 Å². The Balaban J connectivity index is 2.33. The Morgan fingerprint density at radius 3 is 2.03 bits per heavy atom. The fraction of sp³-hybridized carbons (Fsp3) is 0.278. The monoisotopic (exact) mass is 446 g/mol. The van der Waals surface area contributed by atoms with Gasteiger partial charge in [0.2, 0.25) is 11.7 Å². The Morgan fingerprint density at radius 2 is 1.57 bits per heavy atom. The minimum atomic E-state index is -5.09. The minimum absolute atomic E-state index is 0.00187. The molecule has 2 aromatic rings. The number of phenolic OH excluding ortho intramolecular Hbond substituents is 1. The Morgan fingerprint density at radius 1 is 1.03 bits per heavy atom. The van der Waals surface area contributed by atoms with Crippen LogP contribution in [0.2, 0.25) is 0 Å². The average molecular weight is 446 g/mol. The van der Waals surface area contributed by atoms with Gasteiger partial charge in [-0.2, -0.15) is 13.2 Å². The van der Waals surface area contributed by atoms with Crippen molar-refractivity contribution in [2.24, 2.45) is 5.41 Å². The predicted octanol–water partition coefficient (Wildman–Crippen LogP) is 2.67. The van der Waals surface area contributed by atoms with Crippen LogP contribution >= 0.6 is 0 Å². The number of anilines is 2. The first-order valence-corrected chi connectivity index (χ1v) is 9.90. The minimum Gasteiger partial charge on any atom is -0.502 e. The summed E-state index contributed by atoms with van der Waals surface area (Å²) in [6.07, 6.45) is -5.09. The van der Waals surface area contributed by atoms with Crippen LogP contribution in [-0.4, -0.2) is 19.4 Å². The van der Waals surface area contributed by atoms with Gasteiger partial charge in [0.05, 0.1) is 4.90 Å². The molecule has 0 aliphatic carbocycles. The third kappa shape index (κ3) is 5.26. The summed E-state index contributed by atoms with van der Waals surface area (Å²) in [5.74, 6) is -1.67. The number of amides is 1. The van der Waals surface area contributed by atoms with Crippen molar-refractivity contribution in [1.29, 1.82) is 0 Å². The largest absolute Gasteiger partial charge is 0.502 e. The van der Waals surface area contributed by atoms with E-state index in [9.17, 15) is 36.4 Å². The highest BCUT2D eigenvalue weighted by Crippen LogP contribution is 2.40. The Labute approximate surface area is 170 Å². The number of aromatic hydroxyl groups is 1. The first-order chi connectivity index (χ1) is 13.6. The standard InChI is InChI=1S/C18H18F3N3O5S/c1-17(2,3)16(26)22-10-4-6-11(7-5-10)24-30(28,29)12-8-13(18(19,20)21)15(25)14(9-12)23-27/h4-9,24-25H,1-3H3,(H,22,26)/p+1. The van der Waals surface area contributed by atoms with E-state index in [2.05, 4.69) is 10.0 Å². The van der Waals surface area contributed by atoms with E-state index >= 15 is 0 Å². The molecule has 2 rings (SSSR count). The van der Waals surface area contributed by atoms with Crippen LogP contribution in [0.15, 0.2) is 41.3 Å². The summed E-state index contributed by atoms with van der Waals surface area (Å²) in [6, 6.07) is 6.21. The zero-order chi connectivity index (χ0) is 22.9. The number of nitrogens with one attached hydrogen (secondary N) is 3. The molecule has 0 atom stereocenters. The lowest BCUT2D eigenvalue weighted by Gasteiger charge is -2.18. The molecule has 1 amide bonds. The van der Waals surface area contributed by atoms with Crippen LogP contribution in [0.25, 0.3) is 0 Å². The quantitative estimate of drug-likeness (QED) is 0.526. The van der Waals surface area contributed by atoms with Gasteiger partial charge in [0.25, 0.3) is 15.7 Å². The molecule has 0 bridgehead atoms. The number of carbonyl (C=O) groups excluding carboxylic acids is 1. The molecule has 0 aliphatic rings. The molecule has 12 heteroatoms. The second-order valence-corrected chi connectivity index (χ2v) is 9.04. The number of phenols is 1. The van der Waals surface area contributed by atoms with Crippen molar-refractivity contribution in [3.63, 3.8) is 0 Å². The first-order valence-electron chi connectivity index (χ1n) is 8.42. The highest BCUT2D eigenvalue weighted by atomic mass is 32.2. The molecule has 0 radical (unpaired) electrons. The smallest absolute Gasteiger partial charge is 0.420 e. The maximum Gasteiger partial charge on any atom is 0.420 e. The van der Waals surface area contributed by atoms with E-state index < -0.39 is 43.5 Å². The number of hydrogen-bond donors (Lipinski definition) is 4. The molecule has 0 fully saturated rings. The molecule has 0 saturated heterocycles. The van der Waals surface area contributed by atoms with E-state index in [1.54, 1.807) is 20.8 Å². The van der Waals surface area contributed by atoms with Crippen molar-refractivity contribution < 1.29 is 36.7 Å².